The van der Waals surface area contributed by atoms with Crippen molar-refractivity contribution >= 4 is 77.6 Å². The van der Waals surface area contributed by atoms with Crippen LogP contribution in [-0.4, -0.2) is 70.1 Å². The van der Waals surface area contributed by atoms with E-state index >= 15 is 0 Å². The Balaban J connectivity index is 0.000000137. The summed E-state index contributed by atoms with van der Waals surface area (Å²) in [5, 5.41) is 23.8. The number of imidazole rings is 2. The molecule has 18 heteroatoms. The predicted octanol–water partition coefficient (Wildman–Crippen LogP) is 6.34. The quantitative estimate of drug-likeness (QED) is 0.168. The molecule has 0 bridgehead atoms. The molecule has 1 saturated heterocycles. The first-order valence-electron chi connectivity index (χ1n) is 16.2. The van der Waals surface area contributed by atoms with Gasteiger partial charge >= 0.3 is 0 Å². The summed E-state index contributed by atoms with van der Waals surface area (Å²) in [7, 11) is 3.81. The van der Waals surface area contributed by atoms with Gasteiger partial charge in [0, 0.05) is 80.3 Å². The molecule has 10 rings (SSSR count). The van der Waals surface area contributed by atoms with Crippen LogP contribution in [0.25, 0.3) is 44.0 Å². The largest absolute Gasteiger partial charge is 0.328 e. The third kappa shape index (κ3) is 6.11. The highest BCUT2D eigenvalue weighted by Crippen LogP contribution is 2.35. The van der Waals surface area contributed by atoms with Gasteiger partial charge in [0.1, 0.15) is 14.8 Å². The minimum absolute atomic E-state index is 0.498. The van der Waals surface area contributed by atoms with E-state index < -0.39 is 0 Å². The van der Waals surface area contributed by atoms with Gasteiger partial charge in [-0.05, 0) is 60.0 Å². The Bertz CT molecular complexity index is 2590. The summed E-state index contributed by atoms with van der Waals surface area (Å²) in [4.78, 5) is 19.1. The Morgan fingerprint density at radius 2 is 1.49 bits per heavy atom. The summed E-state index contributed by atoms with van der Waals surface area (Å²) in [6.07, 6.45) is 21.1. The molecule has 0 saturated carbocycles. The van der Waals surface area contributed by atoms with Crippen LogP contribution in [0, 0.1) is 0 Å². The summed E-state index contributed by atoms with van der Waals surface area (Å²) in [5.41, 5.74) is 6.71. The van der Waals surface area contributed by atoms with Gasteiger partial charge in [-0.2, -0.15) is 18.9 Å². The third-order valence-corrected chi connectivity index (χ3v) is 11.1. The topological polar surface area (TPSA) is 158 Å². The molecule has 3 N–H and O–H groups in total. The molecule has 9 aromatic heterocycles. The lowest BCUT2D eigenvalue weighted by Crippen LogP contribution is -2.28. The first-order chi connectivity index (χ1) is 25.1. The maximum absolute atomic E-state index is 4.64. The number of fused-ring (bicyclic) bond motifs is 3. The van der Waals surface area contributed by atoms with Gasteiger partial charge in [-0.15, -0.1) is 11.3 Å². The van der Waals surface area contributed by atoms with Crippen LogP contribution >= 0.6 is 34.4 Å². The molecule has 256 valence electrons. The molecule has 1 aliphatic rings. The fourth-order valence-electron chi connectivity index (χ4n) is 6.19. The zero-order chi connectivity index (χ0) is 34.3. The van der Waals surface area contributed by atoms with E-state index in [1.807, 2.05) is 77.9 Å². The molecule has 51 heavy (non-hydrogen) atoms. The molecule has 1 unspecified atom stereocenters. The zero-order valence-corrected chi connectivity index (χ0v) is 30.0. The van der Waals surface area contributed by atoms with Crippen molar-refractivity contribution in [3.8, 4) is 22.5 Å². The lowest BCUT2D eigenvalue weighted by atomic mass is 9.96. The van der Waals surface area contributed by atoms with Crippen LogP contribution in [0.2, 0.25) is 0 Å². The van der Waals surface area contributed by atoms with Crippen LogP contribution in [0.5, 0.6) is 0 Å². The van der Waals surface area contributed by atoms with Gasteiger partial charge in [0.05, 0.1) is 41.9 Å². The molecule has 0 spiro atoms. The Hall–Kier alpha value is -5.56. The Morgan fingerprint density at radius 3 is 2.12 bits per heavy atom. The number of piperidine rings is 1. The van der Waals surface area contributed by atoms with Crippen molar-refractivity contribution in [1.82, 2.24) is 62.4 Å². The van der Waals surface area contributed by atoms with E-state index in [4.69, 9.17) is 0 Å². The molecule has 0 amide bonds. The van der Waals surface area contributed by atoms with Crippen molar-refractivity contribution in [2.24, 2.45) is 14.1 Å². The number of thiophene rings is 1. The highest BCUT2D eigenvalue weighted by molar-refractivity contribution is 7.21. The molecule has 10 heterocycles. The van der Waals surface area contributed by atoms with Crippen molar-refractivity contribution < 1.29 is 0 Å². The maximum atomic E-state index is 4.64. The number of hydrogen-bond acceptors (Lipinski definition) is 14. The van der Waals surface area contributed by atoms with Crippen molar-refractivity contribution in [1.29, 1.82) is 0 Å². The molecule has 0 aliphatic carbocycles. The van der Waals surface area contributed by atoms with Crippen molar-refractivity contribution in [3.05, 3.63) is 85.2 Å². The molecule has 1 atom stereocenters. The number of nitrogens with one attached hydrogen (secondary N) is 3. The Labute approximate surface area is 303 Å². The number of aromatic nitrogens is 12. The van der Waals surface area contributed by atoms with E-state index in [0.29, 0.717) is 11.7 Å². The van der Waals surface area contributed by atoms with Gasteiger partial charge in [-0.1, -0.05) is 0 Å². The highest BCUT2D eigenvalue weighted by Gasteiger charge is 2.19. The average molecular weight is 734 g/mol. The lowest BCUT2D eigenvalue weighted by Gasteiger charge is -2.20. The summed E-state index contributed by atoms with van der Waals surface area (Å²) < 4.78 is 16.7. The maximum Gasteiger partial charge on any atom is 0.180 e. The second-order valence-electron chi connectivity index (χ2n) is 12.1. The van der Waals surface area contributed by atoms with E-state index in [1.54, 1.807) is 33.1 Å². The van der Waals surface area contributed by atoms with Crippen LogP contribution in [0.15, 0.2) is 79.5 Å². The number of hydrogen-bond donors (Lipinski definition) is 3. The van der Waals surface area contributed by atoms with Gasteiger partial charge in [0.25, 0.3) is 0 Å². The fraction of sp³-hybridized carbons (Fsp3) is 0.212. The highest BCUT2D eigenvalue weighted by atomic mass is 32.1. The normalized spacial score (nSPS) is 14.7. The van der Waals surface area contributed by atoms with Crippen molar-refractivity contribution in [2.45, 2.75) is 18.8 Å². The minimum Gasteiger partial charge on any atom is -0.328 e. The average Bonchev–Trinajstić information content (AvgIpc) is 4.00. The Morgan fingerprint density at radius 1 is 0.804 bits per heavy atom. The standard InChI is InChI=1S/C18H20N8S.C15H11N7S2/c1-25-11-13(9-22-25)15-10-21-18-17(20-5-6-26(15)18)23-16-7-14(24-27-16)12-3-2-4-19-8-12;1-21-8-9(6-18-21)11-7-17-13-12(16-3-4-22(11)13)19-14-10-2-5-23-15(10)20-24-14/h5-7,9-12,19H,2-4,8H2,1H3,(H,20,23);2-8H,1H3,(H,16,19). The number of aryl methyl sites for hydroxylation is 2. The fourth-order valence-corrected chi connectivity index (χ4v) is 8.57. The summed E-state index contributed by atoms with van der Waals surface area (Å²) >= 11 is 4.55. The number of nitrogens with zero attached hydrogens (tertiary/aromatic N) is 12. The molecule has 15 nitrogen and oxygen atoms in total. The molecule has 9 aromatic rings. The van der Waals surface area contributed by atoms with Gasteiger partial charge in [0.15, 0.2) is 22.9 Å². The van der Waals surface area contributed by atoms with Gasteiger partial charge in [-0.3, -0.25) is 18.2 Å². The second-order valence-corrected chi connectivity index (χ2v) is 14.6. The van der Waals surface area contributed by atoms with E-state index in [2.05, 4.69) is 67.0 Å². The SMILES string of the molecule is Cn1cc(-c2cnc3c(Nc4cc(C5CCCNC5)ns4)nccn23)cn1.Cn1cc(-c2cnc3c(Nc4snc5sccc45)nccn23)cn1. The van der Waals surface area contributed by atoms with Gasteiger partial charge in [0.2, 0.25) is 0 Å². The van der Waals surface area contributed by atoms with E-state index in [-0.39, 0.29) is 0 Å². The Kier molecular flexibility index (Phi) is 8.19. The van der Waals surface area contributed by atoms with Crippen LogP contribution in [0.3, 0.4) is 0 Å². The molecular weight excluding hydrogens is 703 g/mol. The monoisotopic (exact) mass is 733 g/mol. The van der Waals surface area contributed by atoms with E-state index in [1.165, 1.54) is 35.9 Å². The van der Waals surface area contributed by atoms with Crippen LogP contribution in [-0.2, 0) is 14.1 Å². The smallest absolute Gasteiger partial charge is 0.180 e. The first-order valence-corrected chi connectivity index (χ1v) is 18.7. The van der Waals surface area contributed by atoms with Crippen LogP contribution in [0.1, 0.15) is 24.5 Å². The molecule has 1 fully saturated rings. The van der Waals surface area contributed by atoms with Gasteiger partial charge in [-0.25, -0.2) is 19.9 Å². The summed E-state index contributed by atoms with van der Waals surface area (Å²) in [5.74, 6) is 1.94. The molecule has 0 radical (unpaired) electrons. The first kappa shape index (κ1) is 31.4. The summed E-state index contributed by atoms with van der Waals surface area (Å²) in [6.45, 7) is 2.11. The van der Waals surface area contributed by atoms with Crippen molar-refractivity contribution in [3.63, 3.8) is 0 Å². The predicted molar refractivity (Wildman–Crippen MR) is 201 cm³/mol. The summed E-state index contributed by atoms with van der Waals surface area (Å²) in [6, 6.07) is 4.21. The zero-order valence-electron chi connectivity index (χ0n) is 27.5. The van der Waals surface area contributed by atoms with Crippen LogP contribution in [0.4, 0.5) is 21.6 Å². The second kappa shape index (κ2) is 13.3. The molecular formula is C33H31N15S3. The number of rotatable bonds is 7. The molecule has 0 aromatic carbocycles. The third-order valence-electron chi connectivity index (χ3n) is 8.68. The minimum atomic E-state index is 0.498. The van der Waals surface area contributed by atoms with Crippen LogP contribution < -0.4 is 16.0 Å². The lowest BCUT2D eigenvalue weighted by molar-refractivity contribution is 0.457. The van der Waals surface area contributed by atoms with E-state index in [0.717, 1.165) is 78.6 Å². The van der Waals surface area contributed by atoms with E-state index in [9.17, 15) is 0 Å². The molecule has 1 aliphatic heterocycles. The van der Waals surface area contributed by atoms with Crippen molar-refractivity contribution in [2.75, 3.05) is 23.7 Å². The number of anilines is 4. The van der Waals surface area contributed by atoms with Gasteiger partial charge < -0.3 is 16.0 Å².